The van der Waals surface area contributed by atoms with E-state index in [0.717, 1.165) is 0 Å². The maximum Gasteiger partial charge on any atom is 0.228 e. The van der Waals surface area contributed by atoms with E-state index in [2.05, 4.69) is 4.99 Å². The van der Waals surface area contributed by atoms with E-state index >= 15 is 0 Å². The first-order chi connectivity index (χ1) is 13.6. The van der Waals surface area contributed by atoms with Crippen molar-refractivity contribution in [2.75, 3.05) is 59.5 Å². The molecular weight excluding hydrogens is 341 g/mol. The molecule has 0 aromatic heterocycles. The van der Waals surface area contributed by atoms with Gasteiger partial charge in [-0.05, 0) is 26.2 Å². The van der Waals surface area contributed by atoms with Crippen LogP contribution >= 0.6 is 8.38 Å². The maximum atomic E-state index is 7.25. The number of aliphatic imine (C=N–C) groups is 1. The number of hydrogen-bond acceptors (Lipinski definition) is 6. The van der Waals surface area contributed by atoms with Crippen LogP contribution in [-0.4, -0.2) is 65.9 Å². The summed E-state index contributed by atoms with van der Waals surface area (Å²) in [4.78, 5) is 4.03. The molecule has 0 aromatic carbocycles. The summed E-state index contributed by atoms with van der Waals surface area (Å²) in [6, 6.07) is 0. The Morgan fingerprint density at radius 3 is 1.88 bits per heavy atom. The Morgan fingerprint density at radius 1 is 0.920 bits per heavy atom. The van der Waals surface area contributed by atoms with E-state index in [0.29, 0.717) is 92.8 Å². The summed E-state index contributed by atoms with van der Waals surface area (Å²) in [5.74, 6) is 0. The van der Waals surface area contributed by atoms with Gasteiger partial charge in [0.15, 0.2) is 6.40 Å². The lowest BCUT2D eigenvalue weighted by atomic mass is 9.92. The molecule has 0 N–H and O–H groups in total. The Bertz CT molecular complexity index is 339. The van der Waals surface area contributed by atoms with Crippen molar-refractivity contribution in [1.29, 1.82) is 0 Å². The molecule has 0 saturated heterocycles. The summed E-state index contributed by atoms with van der Waals surface area (Å²) in [5.41, 5.74) is -0.506. The molecule has 25 heavy (non-hydrogen) atoms. The van der Waals surface area contributed by atoms with Gasteiger partial charge in [-0.2, -0.15) is 0 Å². The van der Waals surface area contributed by atoms with Crippen molar-refractivity contribution in [2.24, 2.45) is 10.4 Å². The fourth-order valence-corrected chi connectivity index (χ4v) is 2.57. The van der Waals surface area contributed by atoms with Crippen LogP contribution < -0.4 is 0 Å². The van der Waals surface area contributed by atoms with Gasteiger partial charge in [-0.3, -0.25) is 4.99 Å². The van der Waals surface area contributed by atoms with E-state index in [4.69, 9.17) is 27.4 Å². The summed E-state index contributed by atoms with van der Waals surface area (Å²) in [6.45, 7) is 8.47. The quantitative estimate of drug-likeness (QED) is 0.153. The average molecular weight is 382 g/mol. The highest BCUT2D eigenvalue weighted by Gasteiger charge is 2.33. The van der Waals surface area contributed by atoms with Crippen molar-refractivity contribution >= 4 is 14.8 Å². The van der Waals surface area contributed by atoms with Crippen molar-refractivity contribution in [3.8, 4) is 0 Å². The minimum Gasteiger partial charge on any atom is -0.437 e. The zero-order valence-electron chi connectivity index (χ0n) is 18.9. The van der Waals surface area contributed by atoms with Gasteiger partial charge in [0.25, 0.3) is 0 Å². The fraction of sp³-hybridized carbons (Fsp3) is 0.944. The van der Waals surface area contributed by atoms with Crippen molar-refractivity contribution in [2.45, 2.75) is 46.9 Å². The molecule has 0 aliphatic rings. The molecule has 0 bridgehead atoms. The van der Waals surface area contributed by atoms with Gasteiger partial charge in [-0.15, -0.1) is 0 Å². The summed E-state index contributed by atoms with van der Waals surface area (Å²) in [6.07, 6.45) is 3.45. The third-order valence-corrected chi connectivity index (χ3v) is 3.98. The van der Waals surface area contributed by atoms with E-state index in [1.54, 1.807) is 0 Å². The Labute approximate surface area is 159 Å². The minimum absolute atomic E-state index is 0.328. The Balaban J connectivity index is 4.86. The topological polar surface area (TPSA) is 58.5 Å². The van der Waals surface area contributed by atoms with E-state index in [1.807, 2.05) is 13.6 Å². The standard InChI is InChI=1S/C18H38NO5P/c1-6-10-20-13-18(14-21-11-7-2,15-22-12-8-3)16-23-25(5)24-17-19-9-4/h17H,6-16H2,1-5H3/b19-17+/i1D,2D,3D. The molecule has 0 fully saturated rings. The summed E-state index contributed by atoms with van der Waals surface area (Å²) in [5, 5.41) is 0. The molecule has 150 valence electrons. The van der Waals surface area contributed by atoms with E-state index in [9.17, 15) is 0 Å². The summed E-state index contributed by atoms with van der Waals surface area (Å²) >= 11 is 0. The van der Waals surface area contributed by atoms with Gasteiger partial charge in [0.1, 0.15) is 0 Å². The second-order valence-electron chi connectivity index (χ2n) is 5.64. The Kier molecular flexibility index (Phi) is 13.4. The van der Waals surface area contributed by atoms with E-state index < -0.39 is 13.8 Å². The van der Waals surface area contributed by atoms with Gasteiger partial charge < -0.3 is 23.3 Å². The molecule has 1 unspecified atom stereocenters. The predicted molar refractivity (Wildman–Crippen MR) is 105 cm³/mol. The molecule has 0 aliphatic carbocycles. The third-order valence-electron chi connectivity index (χ3n) is 3.10. The molecule has 0 amide bonds. The zero-order valence-corrected chi connectivity index (χ0v) is 16.8. The van der Waals surface area contributed by atoms with Crippen LogP contribution in [0.25, 0.3) is 0 Å². The zero-order chi connectivity index (χ0) is 20.9. The van der Waals surface area contributed by atoms with Gasteiger partial charge in [-0.25, -0.2) is 0 Å². The molecule has 0 radical (unpaired) electrons. The predicted octanol–water partition coefficient (Wildman–Crippen LogP) is 4.28. The number of hydrogen-bond donors (Lipinski definition) is 0. The van der Waals surface area contributed by atoms with Gasteiger partial charge in [0, 0.05) is 37.1 Å². The van der Waals surface area contributed by atoms with Crippen molar-refractivity contribution < 1.29 is 27.4 Å². The van der Waals surface area contributed by atoms with E-state index in [-0.39, 0.29) is 0 Å². The molecule has 7 heteroatoms. The lowest BCUT2D eigenvalue weighted by molar-refractivity contribution is -0.0875. The highest BCUT2D eigenvalue weighted by atomic mass is 31.2. The summed E-state index contributed by atoms with van der Waals surface area (Å²) < 4.78 is 50.5. The van der Waals surface area contributed by atoms with Crippen LogP contribution in [0.3, 0.4) is 0 Å². The highest BCUT2D eigenvalue weighted by molar-refractivity contribution is 7.46. The highest BCUT2D eigenvalue weighted by Crippen LogP contribution is 2.35. The molecular formula is C18H38NO5P. The Hall–Kier alpha value is -0.260. The monoisotopic (exact) mass is 382 g/mol. The fourth-order valence-electron chi connectivity index (χ4n) is 1.85. The second-order valence-corrected chi connectivity index (χ2v) is 6.99. The van der Waals surface area contributed by atoms with E-state index in [1.165, 1.54) is 6.40 Å². The normalized spacial score (nSPS) is 15.0. The number of ether oxygens (including phenoxy) is 3. The second kappa shape index (κ2) is 17.2. The van der Waals surface area contributed by atoms with Crippen molar-refractivity contribution in [3.05, 3.63) is 0 Å². The molecule has 0 saturated carbocycles. The van der Waals surface area contributed by atoms with Crippen LogP contribution in [0.1, 0.15) is 51.0 Å². The van der Waals surface area contributed by atoms with Crippen LogP contribution in [0, 0.1) is 5.41 Å². The average Bonchev–Trinajstić information content (AvgIpc) is 2.70. The van der Waals surface area contributed by atoms with Crippen LogP contribution in [0.15, 0.2) is 4.99 Å². The Morgan fingerprint density at radius 2 is 1.44 bits per heavy atom. The van der Waals surface area contributed by atoms with Crippen molar-refractivity contribution in [3.63, 3.8) is 0 Å². The smallest absolute Gasteiger partial charge is 0.228 e. The molecule has 0 aliphatic heterocycles. The molecule has 0 rings (SSSR count). The first kappa shape index (κ1) is 19.5. The first-order valence-corrected chi connectivity index (χ1v) is 10.4. The summed E-state index contributed by atoms with van der Waals surface area (Å²) in [7, 11) is -1.13. The largest absolute Gasteiger partial charge is 0.437 e. The lowest BCUT2D eigenvalue weighted by Crippen LogP contribution is -2.41. The molecule has 0 heterocycles. The van der Waals surface area contributed by atoms with Crippen molar-refractivity contribution in [1.82, 2.24) is 0 Å². The van der Waals surface area contributed by atoms with Gasteiger partial charge >= 0.3 is 0 Å². The van der Waals surface area contributed by atoms with Crippen LogP contribution in [-0.2, 0) is 23.3 Å². The SMILES string of the molecule is [2H]CCCOCC(COCCC[2H])(COCCC[2H])COP(C)O/C=N/CC. The third kappa shape index (κ3) is 13.6. The van der Waals surface area contributed by atoms with Crippen LogP contribution in [0.5, 0.6) is 0 Å². The number of rotatable bonds is 18. The molecule has 0 aromatic rings. The molecule has 6 nitrogen and oxygen atoms in total. The van der Waals surface area contributed by atoms with Gasteiger partial charge in [0.2, 0.25) is 8.38 Å². The lowest BCUT2D eigenvalue weighted by Gasteiger charge is -2.33. The molecule has 0 spiro atoms. The minimum atomic E-state index is -1.13. The maximum absolute atomic E-state index is 7.25. The molecule has 1 atom stereocenters. The van der Waals surface area contributed by atoms with Crippen LogP contribution in [0.2, 0.25) is 0 Å². The first-order valence-electron chi connectivity index (χ1n) is 10.9. The number of nitrogens with zero attached hydrogens (tertiary/aromatic N) is 1. The van der Waals surface area contributed by atoms with Gasteiger partial charge in [-0.1, -0.05) is 20.7 Å². The van der Waals surface area contributed by atoms with Crippen LogP contribution in [0.4, 0.5) is 0 Å². The van der Waals surface area contributed by atoms with Gasteiger partial charge in [0.05, 0.1) is 31.8 Å².